The molecule has 0 saturated carbocycles. The fourth-order valence-corrected chi connectivity index (χ4v) is 2.06. The van der Waals surface area contributed by atoms with E-state index in [-0.39, 0.29) is 0 Å². The molecule has 3 N–H and O–H groups in total. The molecule has 0 aliphatic carbocycles. The number of thiazole rings is 1. The summed E-state index contributed by atoms with van der Waals surface area (Å²) in [6.07, 6.45) is 1.71. The molecule has 2 aromatic rings. The number of aromatic nitrogens is 3. The minimum absolute atomic E-state index is 0.562. The monoisotopic (exact) mass is 221 g/mol. The van der Waals surface area contributed by atoms with Crippen LogP contribution in [0.5, 0.6) is 0 Å². The molecule has 2 heterocycles. The van der Waals surface area contributed by atoms with Crippen molar-refractivity contribution < 1.29 is 0 Å². The van der Waals surface area contributed by atoms with Crippen molar-refractivity contribution in [2.24, 2.45) is 0 Å². The number of anilines is 2. The highest BCUT2D eigenvalue weighted by Gasteiger charge is 2.09. The number of rotatable bonds is 2. The van der Waals surface area contributed by atoms with Crippen molar-refractivity contribution >= 4 is 22.4 Å². The van der Waals surface area contributed by atoms with Gasteiger partial charge in [-0.25, -0.2) is 15.0 Å². The lowest BCUT2D eigenvalue weighted by atomic mass is 10.3. The number of nitrogens with two attached hydrogens (primary N) is 1. The van der Waals surface area contributed by atoms with Crippen LogP contribution in [-0.2, 0) is 0 Å². The summed E-state index contributed by atoms with van der Waals surface area (Å²) < 4.78 is 0. The molecular weight excluding hydrogens is 210 g/mol. The molecule has 78 valence electrons. The molecule has 2 aromatic heterocycles. The van der Waals surface area contributed by atoms with Gasteiger partial charge in [-0.3, -0.25) is 0 Å². The molecule has 2 rings (SSSR count). The normalized spacial score (nSPS) is 10.3. The Hall–Kier alpha value is -1.69. The summed E-state index contributed by atoms with van der Waals surface area (Å²) in [5.74, 6) is 0.596. The molecule has 0 unspecified atom stereocenters. The fourth-order valence-electron chi connectivity index (χ4n) is 1.26. The quantitative estimate of drug-likeness (QED) is 0.804. The highest BCUT2D eigenvalue weighted by Crippen LogP contribution is 2.29. The first kappa shape index (κ1) is 9.85. The number of nitrogens with zero attached hydrogens (tertiary/aromatic N) is 3. The first-order valence-corrected chi connectivity index (χ1v) is 5.26. The Bertz CT molecular complexity index is 479. The van der Waals surface area contributed by atoms with Crippen LogP contribution in [0.3, 0.4) is 0 Å². The highest BCUT2D eigenvalue weighted by molar-refractivity contribution is 7.18. The smallest absolute Gasteiger partial charge is 0.222 e. The molecule has 0 fully saturated rings. The van der Waals surface area contributed by atoms with E-state index in [4.69, 9.17) is 5.73 Å². The lowest BCUT2D eigenvalue weighted by Crippen LogP contribution is -1.96. The highest BCUT2D eigenvalue weighted by atomic mass is 32.1. The third-order valence-electron chi connectivity index (χ3n) is 1.92. The van der Waals surface area contributed by atoms with E-state index in [0.717, 1.165) is 16.3 Å². The molecule has 0 saturated heterocycles. The molecule has 5 nitrogen and oxygen atoms in total. The van der Waals surface area contributed by atoms with Crippen molar-refractivity contribution in [2.75, 3.05) is 18.1 Å². The molecule has 0 radical (unpaired) electrons. The predicted octanol–water partition coefficient (Wildman–Crippen LogP) is 1.53. The minimum atomic E-state index is 0.562. The van der Waals surface area contributed by atoms with Gasteiger partial charge < -0.3 is 11.1 Å². The summed E-state index contributed by atoms with van der Waals surface area (Å²) in [5.41, 5.74) is 7.39. The number of nitrogen functional groups attached to an aromatic ring is 1. The Labute approximate surface area is 91.4 Å². The van der Waals surface area contributed by atoms with Crippen LogP contribution in [0.2, 0.25) is 0 Å². The number of hydrogen-bond acceptors (Lipinski definition) is 6. The van der Waals surface area contributed by atoms with Crippen molar-refractivity contribution in [3.05, 3.63) is 18.0 Å². The first-order valence-electron chi connectivity index (χ1n) is 4.45. The van der Waals surface area contributed by atoms with E-state index < -0.39 is 0 Å². The van der Waals surface area contributed by atoms with Crippen molar-refractivity contribution in [3.63, 3.8) is 0 Å². The summed E-state index contributed by atoms with van der Waals surface area (Å²) in [6.45, 7) is 1.92. The van der Waals surface area contributed by atoms with Gasteiger partial charge >= 0.3 is 0 Å². The fraction of sp³-hybridized carbons (Fsp3) is 0.222. The minimum Gasteiger partial charge on any atom is -0.375 e. The molecule has 0 aliphatic rings. The van der Waals surface area contributed by atoms with Gasteiger partial charge in [-0.15, -0.1) is 0 Å². The average molecular weight is 221 g/mol. The number of nitrogens with one attached hydrogen (secondary N) is 1. The van der Waals surface area contributed by atoms with Crippen LogP contribution in [0.4, 0.5) is 11.1 Å². The van der Waals surface area contributed by atoms with Crippen molar-refractivity contribution in [3.8, 4) is 10.6 Å². The maximum atomic E-state index is 5.64. The SMILES string of the molecule is CNc1nccc(-c2sc(N)nc2C)n1. The standard InChI is InChI=1S/C9H11N5S/c1-5-7(15-8(10)13-5)6-3-4-12-9(11-2)14-6/h3-4H,1-2H3,(H2,10,13)(H,11,12,14). The van der Waals surface area contributed by atoms with Gasteiger partial charge in [0.15, 0.2) is 5.13 Å². The summed E-state index contributed by atoms with van der Waals surface area (Å²) >= 11 is 1.44. The van der Waals surface area contributed by atoms with Gasteiger partial charge in [0, 0.05) is 13.2 Å². The zero-order chi connectivity index (χ0) is 10.8. The van der Waals surface area contributed by atoms with Crippen LogP contribution in [0, 0.1) is 6.92 Å². The van der Waals surface area contributed by atoms with E-state index in [1.54, 1.807) is 13.2 Å². The lowest BCUT2D eigenvalue weighted by Gasteiger charge is -2.00. The van der Waals surface area contributed by atoms with E-state index in [0.29, 0.717) is 11.1 Å². The molecule has 0 spiro atoms. The zero-order valence-corrected chi connectivity index (χ0v) is 9.30. The molecule has 0 aliphatic heterocycles. The molecule has 0 atom stereocenters. The summed E-state index contributed by atoms with van der Waals surface area (Å²) in [4.78, 5) is 13.5. The number of aryl methyl sites for hydroxylation is 1. The first-order chi connectivity index (χ1) is 7.20. The van der Waals surface area contributed by atoms with Gasteiger partial charge in [0.25, 0.3) is 0 Å². The van der Waals surface area contributed by atoms with E-state index in [1.807, 2.05) is 13.0 Å². The van der Waals surface area contributed by atoms with Crippen molar-refractivity contribution in [1.29, 1.82) is 0 Å². The third-order valence-corrected chi connectivity index (χ3v) is 2.93. The van der Waals surface area contributed by atoms with Crippen LogP contribution < -0.4 is 11.1 Å². The Morgan fingerprint density at radius 2 is 2.20 bits per heavy atom. The Morgan fingerprint density at radius 1 is 1.40 bits per heavy atom. The molecule has 6 heteroatoms. The molecule has 15 heavy (non-hydrogen) atoms. The zero-order valence-electron chi connectivity index (χ0n) is 8.48. The van der Waals surface area contributed by atoms with E-state index in [1.165, 1.54) is 11.3 Å². The summed E-state index contributed by atoms with van der Waals surface area (Å²) in [5, 5.41) is 3.46. The molecular formula is C9H11N5S. The molecule has 0 amide bonds. The van der Waals surface area contributed by atoms with Crippen LogP contribution in [0.15, 0.2) is 12.3 Å². The molecule has 0 aromatic carbocycles. The van der Waals surface area contributed by atoms with E-state index >= 15 is 0 Å². The molecule has 0 bridgehead atoms. The Kier molecular flexibility index (Phi) is 2.51. The topological polar surface area (TPSA) is 76.7 Å². The van der Waals surface area contributed by atoms with E-state index in [2.05, 4.69) is 20.3 Å². The third kappa shape index (κ3) is 1.89. The average Bonchev–Trinajstić information content (AvgIpc) is 2.58. The van der Waals surface area contributed by atoms with Gasteiger partial charge in [-0.2, -0.15) is 0 Å². The maximum absolute atomic E-state index is 5.64. The van der Waals surface area contributed by atoms with Gasteiger partial charge in [0.05, 0.1) is 16.3 Å². The van der Waals surface area contributed by atoms with Crippen LogP contribution in [0.1, 0.15) is 5.69 Å². The summed E-state index contributed by atoms with van der Waals surface area (Å²) in [6, 6.07) is 1.85. The second-order valence-corrected chi connectivity index (χ2v) is 4.01. The van der Waals surface area contributed by atoms with Crippen molar-refractivity contribution in [1.82, 2.24) is 15.0 Å². The van der Waals surface area contributed by atoms with Gasteiger partial charge in [0.1, 0.15) is 0 Å². The van der Waals surface area contributed by atoms with Gasteiger partial charge in [-0.1, -0.05) is 11.3 Å². The summed E-state index contributed by atoms with van der Waals surface area (Å²) in [7, 11) is 1.78. The number of hydrogen-bond donors (Lipinski definition) is 2. The van der Waals surface area contributed by atoms with Crippen LogP contribution in [0.25, 0.3) is 10.6 Å². The van der Waals surface area contributed by atoms with Crippen LogP contribution >= 0.6 is 11.3 Å². The van der Waals surface area contributed by atoms with Gasteiger partial charge in [-0.05, 0) is 13.0 Å². The second kappa shape index (κ2) is 3.82. The predicted molar refractivity (Wildman–Crippen MR) is 61.8 cm³/mol. The van der Waals surface area contributed by atoms with Crippen molar-refractivity contribution in [2.45, 2.75) is 6.92 Å². The Morgan fingerprint density at radius 3 is 2.80 bits per heavy atom. The Balaban J connectivity index is 2.49. The van der Waals surface area contributed by atoms with Crippen LogP contribution in [-0.4, -0.2) is 22.0 Å². The van der Waals surface area contributed by atoms with Gasteiger partial charge in [0.2, 0.25) is 5.95 Å². The maximum Gasteiger partial charge on any atom is 0.222 e. The largest absolute Gasteiger partial charge is 0.375 e. The lowest BCUT2D eigenvalue weighted by molar-refractivity contribution is 1.15. The second-order valence-electron chi connectivity index (χ2n) is 2.98. The van der Waals surface area contributed by atoms with E-state index in [9.17, 15) is 0 Å².